The molecule has 0 bridgehead atoms. The fourth-order valence-electron chi connectivity index (χ4n) is 2.72. The lowest BCUT2D eigenvalue weighted by molar-refractivity contribution is 0.447. The summed E-state index contributed by atoms with van der Waals surface area (Å²) in [7, 11) is 0. The zero-order valence-corrected chi connectivity index (χ0v) is 13.6. The minimum absolute atomic E-state index is 0.0242. The molecule has 0 spiro atoms. The van der Waals surface area contributed by atoms with E-state index in [1.807, 2.05) is 38.1 Å². The van der Waals surface area contributed by atoms with Crippen molar-refractivity contribution in [3.8, 4) is 28.6 Å². The molecular formula is C18H19N3O3. The number of hydrogen-bond acceptors (Lipinski definition) is 4. The first kappa shape index (κ1) is 15.9. The summed E-state index contributed by atoms with van der Waals surface area (Å²) in [6, 6.07) is 10.5. The highest BCUT2D eigenvalue weighted by atomic mass is 16.3. The SMILES string of the molecule is CCc1cccc(-n2c(-c3cc(CC)c(O)cc3O)n[nH]c2=O)c1. The molecule has 6 heteroatoms. The number of phenolic OH excluding ortho intramolecular Hbond substituents is 2. The smallest absolute Gasteiger partial charge is 0.348 e. The van der Waals surface area contributed by atoms with Gasteiger partial charge in [0.1, 0.15) is 11.5 Å². The maximum atomic E-state index is 12.3. The van der Waals surface area contributed by atoms with Crippen molar-refractivity contribution >= 4 is 0 Å². The Hall–Kier alpha value is -3.02. The van der Waals surface area contributed by atoms with E-state index in [9.17, 15) is 15.0 Å². The lowest BCUT2D eigenvalue weighted by Gasteiger charge is -2.11. The number of H-pyrrole nitrogens is 1. The third-order valence-corrected chi connectivity index (χ3v) is 4.07. The molecule has 24 heavy (non-hydrogen) atoms. The van der Waals surface area contributed by atoms with Crippen molar-refractivity contribution in [2.24, 2.45) is 0 Å². The van der Waals surface area contributed by atoms with Gasteiger partial charge in [-0.3, -0.25) is 0 Å². The molecule has 1 heterocycles. The van der Waals surface area contributed by atoms with Crippen LogP contribution in [-0.4, -0.2) is 25.0 Å². The van der Waals surface area contributed by atoms with E-state index in [1.165, 1.54) is 10.6 Å². The summed E-state index contributed by atoms with van der Waals surface area (Å²) in [4.78, 5) is 12.3. The second-order valence-electron chi connectivity index (χ2n) is 5.56. The number of hydrogen-bond donors (Lipinski definition) is 3. The van der Waals surface area contributed by atoms with Crippen LogP contribution in [0.15, 0.2) is 41.2 Å². The van der Waals surface area contributed by atoms with Crippen LogP contribution in [-0.2, 0) is 12.8 Å². The molecule has 3 rings (SSSR count). The predicted molar refractivity (Wildman–Crippen MR) is 91.7 cm³/mol. The van der Waals surface area contributed by atoms with E-state index in [2.05, 4.69) is 10.2 Å². The third-order valence-electron chi connectivity index (χ3n) is 4.07. The van der Waals surface area contributed by atoms with Gasteiger partial charge >= 0.3 is 5.69 Å². The molecule has 2 aromatic carbocycles. The van der Waals surface area contributed by atoms with Crippen LogP contribution in [0.3, 0.4) is 0 Å². The van der Waals surface area contributed by atoms with Crippen molar-refractivity contribution in [3.63, 3.8) is 0 Å². The highest BCUT2D eigenvalue weighted by Crippen LogP contribution is 2.34. The Morgan fingerprint density at radius 3 is 2.58 bits per heavy atom. The van der Waals surface area contributed by atoms with E-state index in [0.717, 1.165) is 12.0 Å². The lowest BCUT2D eigenvalue weighted by atomic mass is 10.1. The van der Waals surface area contributed by atoms with E-state index < -0.39 is 0 Å². The van der Waals surface area contributed by atoms with E-state index in [4.69, 9.17) is 0 Å². The van der Waals surface area contributed by atoms with Gasteiger partial charge in [-0.2, -0.15) is 5.10 Å². The van der Waals surface area contributed by atoms with Crippen molar-refractivity contribution in [1.82, 2.24) is 14.8 Å². The number of rotatable bonds is 4. The minimum atomic E-state index is -0.385. The summed E-state index contributed by atoms with van der Waals surface area (Å²) < 4.78 is 1.42. The number of phenols is 2. The van der Waals surface area contributed by atoms with Crippen LogP contribution in [0.25, 0.3) is 17.1 Å². The van der Waals surface area contributed by atoms with E-state index in [1.54, 1.807) is 6.07 Å². The monoisotopic (exact) mass is 325 g/mol. The van der Waals surface area contributed by atoms with Crippen LogP contribution in [0.4, 0.5) is 0 Å². The normalized spacial score (nSPS) is 10.9. The fourth-order valence-corrected chi connectivity index (χ4v) is 2.72. The average Bonchev–Trinajstić information content (AvgIpc) is 2.96. The molecule has 0 fully saturated rings. The lowest BCUT2D eigenvalue weighted by Crippen LogP contribution is -2.16. The Morgan fingerprint density at radius 1 is 1.08 bits per heavy atom. The van der Waals surface area contributed by atoms with Crippen LogP contribution in [0.2, 0.25) is 0 Å². The molecule has 0 unspecified atom stereocenters. The number of nitrogens with one attached hydrogen (secondary N) is 1. The topological polar surface area (TPSA) is 91.1 Å². The van der Waals surface area contributed by atoms with Gasteiger partial charge in [0.25, 0.3) is 0 Å². The van der Waals surface area contributed by atoms with Crippen molar-refractivity contribution in [2.45, 2.75) is 26.7 Å². The Kier molecular flexibility index (Phi) is 4.12. The largest absolute Gasteiger partial charge is 0.508 e. The van der Waals surface area contributed by atoms with Crippen LogP contribution in [0, 0.1) is 0 Å². The second kappa shape index (κ2) is 6.23. The van der Waals surface area contributed by atoms with Gasteiger partial charge in [0.15, 0.2) is 5.82 Å². The Labute approximate surface area is 139 Å². The Balaban J connectivity index is 2.23. The summed E-state index contributed by atoms with van der Waals surface area (Å²) >= 11 is 0. The predicted octanol–water partition coefficient (Wildman–Crippen LogP) is 2.76. The third kappa shape index (κ3) is 2.67. The fraction of sp³-hybridized carbons (Fsp3) is 0.222. The van der Waals surface area contributed by atoms with Crippen molar-refractivity contribution in [1.29, 1.82) is 0 Å². The minimum Gasteiger partial charge on any atom is -0.508 e. The first-order valence-electron chi connectivity index (χ1n) is 7.87. The van der Waals surface area contributed by atoms with Crippen LogP contribution in [0.1, 0.15) is 25.0 Å². The molecule has 3 aromatic rings. The highest BCUT2D eigenvalue weighted by molar-refractivity contribution is 5.68. The first-order valence-corrected chi connectivity index (χ1v) is 7.87. The molecule has 0 aliphatic rings. The van der Waals surface area contributed by atoms with Gasteiger partial charge in [0.2, 0.25) is 0 Å². The Bertz CT molecular complexity index is 941. The summed E-state index contributed by atoms with van der Waals surface area (Å²) in [6.45, 7) is 3.94. The first-order chi connectivity index (χ1) is 11.5. The van der Waals surface area contributed by atoms with E-state index >= 15 is 0 Å². The van der Waals surface area contributed by atoms with Crippen molar-refractivity contribution in [2.75, 3.05) is 0 Å². The van der Waals surface area contributed by atoms with Gasteiger partial charge in [0.05, 0.1) is 11.3 Å². The highest BCUT2D eigenvalue weighted by Gasteiger charge is 2.18. The van der Waals surface area contributed by atoms with Gasteiger partial charge in [-0.15, -0.1) is 0 Å². The van der Waals surface area contributed by atoms with Crippen molar-refractivity contribution < 1.29 is 10.2 Å². The molecule has 0 saturated heterocycles. The maximum Gasteiger partial charge on any atom is 0.348 e. The summed E-state index contributed by atoms with van der Waals surface area (Å²) in [5, 5.41) is 26.6. The number of benzene rings is 2. The number of aryl methyl sites for hydroxylation is 2. The molecule has 3 N–H and O–H groups in total. The standard InChI is InChI=1S/C18H19N3O3/c1-3-11-6-5-7-13(8-11)21-17(19-20-18(21)24)14-9-12(4-2)15(22)10-16(14)23/h5-10,22-23H,3-4H2,1-2H3,(H,20,24). The van der Waals surface area contributed by atoms with Crippen LogP contribution < -0.4 is 5.69 Å². The Morgan fingerprint density at radius 2 is 1.88 bits per heavy atom. The van der Waals surface area contributed by atoms with Crippen molar-refractivity contribution in [3.05, 3.63) is 58.0 Å². The van der Waals surface area contributed by atoms with Gasteiger partial charge in [-0.25, -0.2) is 14.5 Å². The van der Waals surface area contributed by atoms with E-state index in [0.29, 0.717) is 29.1 Å². The summed E-state index contributed by atoms with van der Waals surface area (Å²) in [6.07, 6.45) is 1.44. The number of aromatic hydroxyl groups is 2. The van der Waals surface area contributed by atoms with Gasteiger partial charge in [-0.1, -0.05) is 26.0 Å². The molecule has 1 aromatic heterocycles. The van der Waals surface area contributed by atoms with Gasteiger partial charge < -0.3 is 10.2 Å². The molecule has 0 aliphatic heterocycles. The van der Waals surface area contributed by atoms with E-state index in [-0.39, 0.29) is 17.2 Å². The number of aromatic nitrogens is 3. The molecule has 0 aliphatic carbocycles. The average molecular weight is 325 g/mol. The zero-order valence-electron chi connectivity index (χ0n) is 13.6. The molecule has 0 atom stereocenters. The maximum absolute atomic E-state index is 12.3. The summed E-state index contributed by atoms with van der Waals surface area (Å²) in [5.41, 5.74) is 2.45. The molecule has 0 saturated carbocycles. The van der Waals surface area contributed by atoms with Crippen LogP contribution in [0.5, 0.6) is 11.5 Å². The quantitative estimate of drug-likeness (QED) is 0.688. The summed E-state index contributed by atoms with van der Waals surface area (Å²) in [5.74, 6) is 0.202. The molecular weight excluding hydrogens is 306 g/mol. The molecule has 0 amide bonds. The zero-order chi connectivity index (χ0) is 17.3. The number of nitrogens with zero attached hydrogens (tertiary/aromatic N) is 2. The molecule has 6 nitrogen and oxygen atoms in total. The van der Waals surface area contributed by atoms with Gasteiger partial charge in [0, 0.05) is 6.07 Å². The molecule has 0 radical (unpaired) electrons. The number of aromatic amines is 1. The van der Waals surface area contributed by atoms with Gasteiger partial charge in [-0.05, 0) is 42.2 Å². The molecule has 124 valence electrons. The van der Waals surface area contributed by atoms with Crippen LogP contribution >= 0.6 is 0 Å². The second-order valence-corrected chi connectivity index (χ2v) is 5.56.